The molecule has 0 saturated carbocycles. The quantitative estimate of drug-likeness (QED) is 0.937. The summed E-state index contributed by atoms with van der Waals surface area (Å²) in [4.78, 5) is 13.6. The Hall–Kier alpha value is -2.65. The normalized spacial score (nSPS) is 14.0. The number of carbonyl (C=O) groups excluding carboxylic acids is 1. The van der Waals surface area contributed by atoms with E-state index in [-0.39, 0.29) is 5.91 Å². The van der Waals surface area contributed by atoms with Gasteiger partial charge in [-0.15, -0.1) is 0 Å². The molecule has 1 aliphatic heterocycles. The largest absolute Gasteiger partial charge is 0.326 e. The number of rotatable bonds is 4. The molecule has 24 heavy (non-hydrogen) atoms. The number of amides is 1. The molecule has 1 aromatic carbocycles. The van der Waals surface area contributed by atoms with E-state index in [1.165, 1.54) is 18.2 Å². The van der Waals surface area contributed by atoms with Crippen LogP contribution in [0, 0.1) is 11.3 Å². The lowest BCUT2D eigenvalue weighted by molar-refractivity contribution is -0.114. The highest BCUT2D eigenvalue weighted by Crippen LogP contribution is 2.31. The summed E-state index contributed by atoms with van der Waals surface area (Å²) in [5.41, 5.74) is 5.15. The molecule has 3 rings (SSSR count). The summed E-state index contributed by atoms with van der Waals surface area (Å²) < 4.78 is 1.98. The van der Waals surface area contributed by atoms with Crippen molar-refractivity contribution < 1.29 is 4.79 Å². The van der Waals surface area contributed by atoms with E-state index in [0.717, 1.165) is 36.5 Å². The molecule has 1 amide bonds. The highest BCUT2D eigenvalue weighted by molar-refractivity contribution is 5.89. The average Bonchev–Trinajstić information content (AvgIpc) is 2.90. The van der Waals surface area contributed by atoms with Gasteiger partial charge in [0.15, 0.2) is 0 Å². The van der Waals surface area contributed by atoms with Gasteiger partial charge in [-0.05, 0) is 19.2 Å². The fraction of sp³-hybridized carbons (Fsp3) is 0.389. The maximum absolute atomic E-state index is 11.3. The summed E-state index contributed by atoms with van der Waals surface area (Å²) >= 11 is 0. The first kappa shape index (κ1) is 16.2. The minimum Gasteiger partial charge on any atom is -0.326 e. The van der Waals surface area contributed by atoms with Gasteiger partial charge in [0.05, 0.1) is 24.7 Å². The van der Waals surface area contributed by atoms with E-state index in [2.05, 4.69) is 23.3 Å². The Morgan fingerprint density at radius 2 is 2.29 bits per heavy atom. The van der Waals surface area contributed by atoms with Crippen LogP contribution in [0.4, 0.5) is 5.69 Å². The number of nitrogens with one attached hydrogen (secondary N) is 1. The number of aromatic nitrogens is 2. The van der Waals surface area contributed by atoms with Crippen molar-refractivity contribution in [2.24, 2.45) is 0 Å². The first-order valence-corrected chi connectivity index (χ1v) is 8.10. The number of carbonyl (C=O) groups is 1. The summed E-state index contributed by atoms with van der Waals surface area (Å²) in [6.45, 7) is 3.96. The molecule has 0 radical (unpaired) electrons. The van der Waals surface area contributed by atoms with Crippen molar-refractivity contribution in [1.29, 1.82) is 5.26 Å². The number of fused-ring (bicyclic) bond motifs is 1. The minimum absolute atomic E-state index is 0.0894. The maximum atomic E-state index is 11.3. The van der Waals surface area contributed by atoms with Gasteiger partial charge in [0.2, 0.25) is 5.91 Å². The highest BCUT2D eigenvalue weighted by Gasteiger charge is 2.24. The number of benzene rings is 1. The highest BCUT2D eigenvalue weighted by atomic mass is 16.1. The zero-order valence-electron chi connectivity index (χ0n) is 14.0. The Morgan fingerprint density at radius 3 is 3.04 bits per heavy atom. The average molecular weight is 323 g/mol. The van der Waals surface area contributed by atoms with Crippen LogP contribution in [0.1, 0.15) is 24.6 Å². The number of aryl methyl sites for hydroxylation is 1. The van der Waals surface area contributed by atoms with Crippen molar-refractivity contribution in [3.63, 3.8) is 0 Å². The standard InChI is InChI=1S/C18H21N5O/c1-13(24)20-15-6-3-5-14(11-15)18-16-12-22(2)10-7-17(16)23(21-18)9-4-8-19/h3,5-6,11H,4,7,9-10,12H2,1-2H3,(H,20,24). The topological polar surface area (TPSA) is 74.0 Å². The van der Waals surface area contributed by atoms with Crippen LogP contribution in [0.3, 0.4) is 0 Å². The van der Waals surface area contributed by atoms with Crippen molar-refractivity contribution in [2.45, 2.75) is 32.9 Å². The number of anilines is 1. The molecular formula is C18H21N5O. The van der Waals surface area contributed by atoms with Crippen molar-refractivity contribution in [3.05, 3.63) is 35.5 Å². The number of hydrogen-bond donors (Lipinski definition) is 1. The molecule has 0 fully saturated rings. The summed E-state index contributed by atoms with van der Waals surface area (Å²) in [7, 11) is 2.10. The minimum atomic E-state index is -0.0894. The maximum Gasteiger partial charge on any atom is 0.221 e. The smallest absolute Gasteiger partial charge is 0.221 e. The van der Waals surface area contributed by atoms with Gasteiger partial charge in [-0.1, -0.05) is 12.1 Å². The van der Waals surface area contributed by atoms with Crippen molar-refractivity contribution in [3.8, 4) is 17.3 Å². The third-order valence-corrected chi connectivity index (χ3v) is 4.22. The van der Waals surface area contributed by atoms with Crippen molar-refractivity contribution >= 4 is 11.6 Å². The molecule has 0 unspecified atom stereocenters. The number of nitrogens with zero attached hydrogens (tertiary/aromatic N) is 4. The summed E-state index contributed by atoms with van der Waals surface area (Å²) in [6, 6.07) is 9.95. The second kappa shape index (κ2) is 6.85. The van der Waals surface area contributed by atoms with Crippen LogP contribution in [0.2, 0.25) is 0 Å². The lowest BCUT2D eigenvalue weighted by Crippen LogP contribution is -2.27. The molecule has 1 aliphatic rings. The second-order valence-corrected chi connectivity index (χ2v) is 6.15. The number of hydrogen-bond acceptors (Lipinski definition) is 4. The fourth-order valence-electron chi connectivity index (χ4n) is 3.15. The van der Waals surface area contributed by atoms with Crippen molar-refractivity contribution in [1.82, 2.24) is 14.7 Å². The summed E-state index contributed by atoms with van der Waals surface area (Å²) in [5, 5.41) is 16.5. The number of nitriles is 1. The van der Waals surface area contributed by atoms with Crippen molar-refractivity contribution in [2.75, 3.05) is 18.9 Å². The van der Waals surface area contributed by atoms with Gasteiger partial charge in [-0.3, -0.25) is 9.48 Å². The zero-order valence-corrected chi connectivity index (χ0v) is 14.0. The third kappa shape index (κ3) is 3.31. The van der Waals surface area contributed by atoms with Gasteiger partial charge < -0.3 is 10.2 Å². The monoisotopic (exact) mass is 323 g/mol. The molecule has 6 heteroatoms. The molecular weight excluding hydrogens is 302 g/mol. The SMILES string of the molecule is CC(=O)Nc1cccc(-c2nn(CCC#N)c3c2CN(C)CC3)c1. The molecule has 6 nitrogen and oxygen atoms in total. The zero-order chi connectivity index (χ0) is 17.1. The molecule has 0 saturated heterocycles. The molecule has 0 bridgehead atoms. The fourth-order valence-corrected chi connectivity index (χ4v) is 3.15. The lowest BCUT2D eigenvalue weighted by atomic mass is 10.0. The molecule has 124 valence electrons. The molecule has 1 aromatic heterocycles. The van der Waals surface area contributed by atoms with Gasteiger partial charge in [0.25, 0.3) is 0 Å². The second-order valence-electron chi connectivity index (χ2n) is 6.15. The Kier molecular flexibility index (Phi) is 4.63. The third-order valence-electron chi connectivity index (χ3n) is 4.22. The summed E-state index contributed by atoms with van der Waals surface area (Å²) in [6.07, 6.45) is 1.39. The Balaban J connectivity index is 2.02. The van der Waals surface area contributed by atoms with Crippen LogP contribution >= 0.6 is 0 Å². The predicted octanol–water partition coefficient (Wildman–Crippen LogP) is 2.41. The van der Waals surface area contributed by atoms with Crippen LogP contribution in [0.5, 0.6) is 0 Å². The summed E-state index contributed by atoms with van der Waals surface area (Å²) in [5.74, 6) is -0.0894. The predicted molar refractivity (Wildman–Crippen MR) is 92.2 cm³/mol. The van der Waals surface area contributed by atoms with Gasteiger partial charge in [-0.25, -0.2) is 0 Å². The van der Waals surface area contributed by atoms with E-state index in [4.69, 9.17) is 10.4 Å². The van der Waals surface area contributed by atoms with Crippen LogP contribution < -0.4 is 5.32 Å². The van der Waals surface area contributed by atoms with Crippen LogP contribution in [-0.4, -0.2) is 34.2 Å². The van der Waals surface area contributed by atoms with E-state index >= 15 is 0 Å². The first-order chi connectivity index (χ1) is 11.6. The van der Waals surface area contributed by atoms with E-state index in [1.807, 2.05) is 28.9 Å². The molecule has 1 N–H and O–H groups in total. The van der Waals surface area contributed by atoms with Crippen LogP contribution in [0.25, 0.3) is 11.3 Å². The van der Waals surface area contributed by atoms with E-state index in [1.54, 1.807) is 0 Å². The van der Waals surface area contributed by atoms with E-state index in [9.17, 15) is 4.79 Å². The van der Waals surface area contributed by atoms with E-state index < -0.39 is 0 Å². The van der Waals surface area contributed by atoms with Gasteiger partial charge >= 0.3 is 0 Å². The molecule has 0 spiro atoms. The van der Waals surface area contributed by atoms with Gasteiger partial charge in [0, 0.05) is 48.9 Å². The molecule has 0 aliphatic carbocycles. The molecule has 2 heterocycles. The van der Waals surface area contributed by atoms with E-state index in [0.29, 0.717) is 13.0 Å². The first-order valence-electron chi connectivity index (χ1n) is 8.10. The number of likely N-dealkylation sites (N-methyl/N-ethyl adjacent to an activating group) is 1. The van der Waals surface area contributed by atoms with Gasteiger partial charge in [-0.2, -0.15) is 10.4 Å². The van der Waals surface area contributed by atoms with Gasteiger partial charge in [0.1, 0.15) is 0 Å². The molecule has 0 atom stereocenters. The Labute approximate surface area is 141 Å². The lowest BCUT2D eigenvalue weighted by Gasteiger charge is -2.23. The van der Waals surface area contributed by atoms with Crippen LogP contribution in [-0.2, 0) is 24.3 Å². The van der Waals surface area contributed by atoms with Crippen LogP contribution in [0.15, 0.2) is 24.3 Å². The molecule has 2 aromatic rings. The Bertz CT molecular complexity index is 802. The Morgan fingerprint density at radius 1 is 1.46 bits per heavy atom.